The molecule has 0 aromatic heterocycles. The van der Waals surface area contributed by atoms with Gasteiger partial charge >= 0.3 is 6.09 Å². The van der Waals surface area contributed by atoms with E-state index in [-0.39, 0.29) is 11.7 Å². The number of carbonyl (C=O) groups is 1. The Balaban J connectivity index is 1.81. The van der Waals surface area contributed by atoms with Crippen LogP contribution in [0.3, 0.4) is 0 Å². The molecule has 2 aliphatic heterocycles. The second-order valence-corrected chi connectivity index (χ2v) is 5.79. The standard InChI is InChI=1S/C15H20N2O2/c1-11-3-5-13(6-4-11)17-10-15(2,19-14(17)18)12-7-8-16-9-12/h3-6,12,16H,7-10H2,1-2H3. The summed E-state index contributed by atoms with van der Waals surface area (Å²) in [5, 5.41) is 3.34. The zero-order valence-corrected chi connectivity index (χ0v) is 11.5. The zero-order chi connectivity index (χ0) is 13.5. The molecule has 2 aliphatic rings. The largest absolute Gasteiger partial charge is 0.441 e. The van der Waals surface area contributed by atoms with Gasteiger partial charge in [-0.3, -0.25) is 4.90 Å². The van der Waals surface area contributed by atoms with Crippen molar-refractivity contribution in [1.29, 1.82) is 0 Å². The Morgan fingerprint density at radius 2 is 2.11 bits per heavy atom. The first-order valence-electron chi connectivity index (χ1n) is 6.86. The van der Waals surface area contributed by atoms with Crippen LogP contribution in [-0.2, 0) is 4.74 Å². The van der Waals surface area contributed by atoms with Gasteiger partial charge in [0.25, 0.3) is 0 Å². The van der Waals surface area contributed by atoms with Crippen molar-refractivity contribution in [3.05, 3.63) is 29.8 Å². The minimum absolute atomic E-state index is 0.224. The lowest BCUT2D eigenvalue weighted by Gasteiger charge is -2.28. The summed E-state index contributed by atoms with van der Waals surface area (Å²) in [7, 11) is 0. The summed E-state index contributed by atoms with van der Waals surface area (Å²) in [6, 6.07) is 8.01. The van der Waals surface area contributed by atoms with Gasteiger partial charge in [0.15, 0.2) is 0 Å². The van der Waals surface area contributed by atoms with Crippen molar-refractivity contribution in [2.75, 3.05) is 24.5 Å². The SMILES string of the molecule is Cc1ccc(N2CC(C)(C3CCNC3)OC2=O)cc1. The number of benzene rings is 1. The predicted octanol–water partition coefficient (Wildman–Crippen LogP) is 2.32. The number of rotatable bonds is 2. The molecule has 2 heterocycles. The van der Waals surface area contributed by atoms with Gasteiger partial charge in [0.05, 0.1) is 6.54 Å². The first kappa shape index (κ1) is 12.5. The number of nitrogens with one attached hydrogen (secondary N) is 1. The summed E-state index contributed by atoms with van der Waals surface area (Å²) in [4.78, 5) is 13.9. The van der Waals surface area contributed by atoms with E-state index in [1.54, 1.807) is 4.90 Å². The number of ether oxygens (including phenoxy) is 1. The molecule has 0 aliphatic carbocycles. The molecule has 1 aromatic rings. The summed E-state index contributed by atoms with van der Waals surface area (Å²) in [5.74, 6) is 0.409. The van der Waals surface area contributed by atoms with Crippen molar-refractivity contribution in [2.45, 2.75) is 25.9 Å². The molecule has 102 valence electrons. The smallest absolute Gasteiger partial charge is 0.415 e. The van der Waals surface area contributed by atoms with E-state index in [9.17, 15) is 4.79 Å². The van der Waals surface area contributed by atoms with Gasteiger partial charge in [-0.05, 0) is 38.9 Å². The van der Waals surface area contributed by atoms with E-state index in [1.807, 2.05) is 31.2 Å². The highest BCUT2D eigenvalue weighted by Crippen LogP contribution is 2.35. The summed E-state index contributed by atoms with van der Waals surface area (Å²) < 4.78 is 5.68. The molecule has 0 radical (unpaired) electrons. The minimum atomic E-state index is -0.370. The van der Waals surface area contributed by atoms with Gasteiger partial charge in [-0.1, -0.05) is 17.7 Å². The molecule has 0 spiro atoms. The third-order valence-electron chi connectivity index (χ3n) is 4.28. The number of anilines is 1. The molecule has 19 heavy (non-hydrogen) atoms. The summed E-state index contributed by atoms with van der Waals surface area (Å²) in [6.45, 7) is 6.69. The van der Waals surface area contributed by atoms with Crippen LogP contribution in [0.15, 0.2) is 24.3 Å². The highest BCUT2D eigenvalue weighted by molar-refractivity contribution is 5.90. The van der Waals surface area contributed by atoms with E-state index < -0.39 is 0 Å². The summed E-state index contributed by atoms with van der Waals surface area (Å²) in [5.41, 5.74) is 1.75. The monoisotopic (exact) mass is 260 g/mol. The fraction of sp³-hybridized carbons (Fsp3) is 0.533. The summed E-state index contributed by atoms with van der Waals surface area (Å²) in [6.07, 6.45) is 0.851. The molecule has 2 unspecified atom stereocenters. The quantitative estimate of drug-likeness (QED) is 0.887. The van der Waals surface area contributed by atoms with Gasteiger partial charge in [0.2, 0.25) is 0 Å². The third-order valence-corrected chi connectivity index (χ3v) is 4.28. The van der Waals surface area contributed by atoms with E-state index in [1.165, 1.54) is 5.56 Å². The maximum atomic E-state index is 12.1. The minimum Gasteiger partial charge on any atom is -0.441 e. The Labute approximate surface area is 113 Å². The molecule has 0 bridgehead atoms. The molecular weight excluding hydrogens is 240 g/mol. The maximum Gasteiger partial charge on any atom is 0.415 e. The van der Waals surface area contributed by atoms with Crippen LogP contribution in [0.1, 0.15) is 18.9 Å². The van der Waals surface area contributed by atoms with Crippen molar-refractivity contribution in [1.82, 2.24) is 5.32 Å². The van der Waals surface area contributed by atoms with E-state index >= 15 is 0 Å². The third kappa shape index (κ3) is 2.21. The first-order chi connectivity index (χ1) is 9.08. The van der Waals surface area contributed by atoms with Gasteiger partial charge in [-0.15, -0.1) is 0 Å². The Hall–Kier alpha value is -1.55. The van der Waals surface area contributed by atoms with Gasteiger partial charge < -0.3 is 10.1 Å². The molecule has 2 fully saturated rings. The van der Waals surface area contributed by atoms with E-state index in [0.29, 0.717) is 12.5 Å². The summed E-state index contributed by atoms with van der Waals surface area (Å²) >= 11 is 0. The van der Waals surface area contributed by atoms with E-state index in [0.717, 1.165) is 25.2 Å². The van der Waals surface area contributed by atoms with E-state index in [2.05, 4.69) is 12.2 Å². The predicted molar refractivity (Wildman–Crippen MR) is 74.4 cm³/mol. The van der Waals surface area contributed by atoms with Gasteiger partial charge in [-0.25, -0.2) is 4.79 Å². The van der Waals surface area contributed by atoms with E-state index in [4.69, 9.17) is 4.74 Å². The Kier molecular flexibility index (Phi) is 2.97. The van der Waals surface area contributed by atoms with Crippen LogP contribution < -0.4 is 10.2 Å². The number of cyclic esters (lactones) is 1. The van der Waals surface area contributed by atoms with Crippen molar-refractivity contribution in [3.8, 4) is 0 Å². The Morgan fingerprint density at radius 1 is 1.37 bits per heavy atom. The zero-order valence-electron chi connectivity index (χ0n) is 11.5. The number of amides is 1. The second kappa shape index (κ2) is 4.53. The number of nitrogens with zero attached hydrogens (tertiary/aromatic N) is 1. The van der Waals surface area contributed by atoms with Crippen molar-refractivity contribution < 1.29 is 9.53 Å². The maximum absolute atomic E-state index is 12.1. The molecule has 2 atom stereocenters. The topological polar surface area (TPSA) is 41.6 Å². The molecule has 4 nitrogen and oxygen atoms in total. The van der Waals surface area contributed by atoms with Crippen molar-refractivity contribution in [2.24, 2.45) is 5.92 Å². The molecule has 3 rings (SSSR count). The van der Waals surface area contributed by atoms with Crippen LogP contribution in [-0.4, -0.2) is 31.3 Å². The lowest BCUT2D eigenvalue weighted by atomic mass is 9.88. The second-order valence-electron chi connectivity index (χ2n) is 5.79. The van der Waals surface area contributed by atoms with Gasteiger partial charge in [-0.2, -0.15) is 0 Å². The fourth-order valence-electron chi connectivity index (χ4n) is 2.98. The van der Waals surface area contributed by atoms with Crippen LogP contribution in [0.4, 0.5) is 10.5 Å². The molecule has 1 amide bonds. The molecule has 4 heteroatoms. The number of hydrogen-bond donors (Lipinski definition) is 1. The number of hydrogen-bond acceptors (Lipinski definition) is 3. The molecular formula is C15H20N2O2. The van der Waals surface area contributed by atoms with Crippen molar-refractivity contribution >= 4 is 11.8 Å². The highest BCUT2D eigenvalue weighted by Gasteiger charge is 2.48. The number of carbonyl (C=O) groups excluding carboxylic acids is 1. The van der Waals surface area contributed by atoms with Crippen LogP contribution in [0, 0.1) is 12.8 Å². The lowest BCUT2D eigenvalue weighted by Crippen LogP contribution is -2.40. The molecule has 1 aromatic carbocycles. The Bertz CT molecular complexity index is 479. The van der Waals surface area contributed by atoms with Crippen LogP contribution in [0.5, 0.6) is 0 Å². The van der Waals surface area contributed by atoms with Gasteiger partial charge in [0, 0.05) is 18.2 Å². The van der Waals surface area contributed by atoms with Crippen LogP contribution >= 0.6 is 0 Å². The van der Waals surface area contributed by atoms with Crippen molar-refractivity contribution in [3.63, 3.8) is 0 Å². The fourth-order valence-corrected chi connectivity index (χ4v) is 2.98. The van der Waals surface area contributed by atoms with Crippen LogP contribution in [0.2, 0.25) is 0 Å². The highest BCUT2D eigenvalue weighted by atomic mass is 16.6. The first-order valence-corrected chi connectivity index (χ1v) is 6.86. The number of aryl methyl sites for hydroxylation is 1. The molecule has 1 N–H and O–H groups in total. The van der Waals surface area contributed by atoms with Crippen LogP contribution in [0.25, 0.3) is 0 Å². The average Bonchev–Trinajstić information content (AvgIpc) is 2.99. The molecule has 2 saturated heterocycles. The molecule has 0 saturated carbocycles. The normalized spacial score (nSPS) is 30.7. The lowest BCUT2D eigenvalue weighted by molar-refractivity contribution is 0.0287. The Morgan fingerprint density at radius 3 is 2.74 bits per heavy atom. The average molecular weight is 260 g/mol. The van der Waals surface area contributed by atoms with Gasteiger partial charge in [0.1, 0.15) is 5.60 Å².